The molecule has 1 aromatic rings. The molecule has 0 aliphatic carbocycles. The van der Waals surface area contributed by atoms with E-state index in [0.29, 0.717) is 18.1 Å². The number of hydrogen-bond acceptors (Lipinski definition) is 3. The van der Waals surface area contributed by atoms with Crippen LogP contribution in [-0.4, -0.2) is 36.0 Å². The first-order valence-electron chi connectivity index (χ1n) is 6.87. The highest BCUT2D eigenvalue weighted by atomic mass is 32.2. The monoisotopic (exact) mass is 283 g/mol. The molecule has 0 amide bonds. The lowest BCUT2D eigenvalue weighted by Gasteiger charge is -2.18. The van der Waals surface area contributed by atoms with Crippen LogP contribution in [-0.2, 0) is 22.0 Å². The average Bonchev–Trinajstić information content (AvgIpc) is 2.45. The molecule has 0 bridgehead atoms. The van der Waals surface area contributed by atoms with Crippen molar-refractivity contribution >= 4 is 10.8 Å². The molecule has 1 N–H and O–H groups in total. The molecular weight excluding hydrogens is 258 g/mol. The van der Waals surface area contributed by atoms with Gasteiger partial charge in [0.2, 0.25) is 0 Å². The van der Waals surface area contributed by atoms with Crippen LogP contribution >= 0.6 is 0 Å². The summed E-state index contributed by atoms with van der Waals surface area (Å²) in [5.41, 5.74) is 2.55. The molecule has 2 atom stereocenters. The fourth-order valence-corrected chi connectivity index (χ4v) is 3.15. The van der Waals surface area contributed by atoms with E-state index in [1.807, 2.05) is 0 Å². The Morgan fingerprint density at radius 1 is 1.26 bits per heavy atom. The number of aryl methyl sites for hydroxylation is 1. The van der Waals surface area contributed by atoms with E-state index in [4.69, 9.17) is 4.74 Å². The lowest BCUT2D eigenvalue weighted by atomic mass is 10.1. The van der Waals surface area contributed by atoms with E-state index in [1.165, 1.54) is 11.1 Å². The SMILES string of the molecule is CCNC(CS(=O)CCOC)c1ccc(CC)cc1. The predicted molar refractivity (Wildman–Crippen MR) is 82.0 cm³/mol. The first-order chi connectivity index (χ1) is 9.21. The van der Waals surface area contributed by atoms with Gasteiger partial charge in [0.1, 0.15) is 0 Å². The summed E-state index contributed by atoms with van der Waals surface area (Å²) >= 11 is 0. The Morgan fingerprint density at radius 2 is 1.95 bits per heavy atom. The van der Waals surface area contributed by atoms with Gasteiger partial charge in [-0.3, -0.25) is 4.21 Å². The predicted octanol–water partition coefficient (Wildman–Crippen LogP) is 2.29. The van der Waals surface area contributed by atoms with Crippen molar-refractivity contribution < 1.29 is 8.95 Å². The van der Waals surface area contributed by atoms with Gasteiger partial charge in [-0.2, -0.15) is 0 Å². The van der Waals surface area contributed by atoms with Crippen LogP contribution in [0.4, 0.5) is 0 Å². The molecule has 1 rings (SSSR count). The minimum atomic E-state index is -0.847. The quantitative estimate of drug-likeness (QED) is 0.756. The summed E-state index contributed by atoms with van der Waals surface area (Å²) in [6.45, 7) is 5.66. The molecule has 0 radical (unpaired) electrons. The number of benzene rings is 1. The van der Waals surface area contributed by atoms with Crippen molar-refractivity contribution in [3.63, 3.8) is 0 Å². The topological polar surface area (TPSA) is 38.3 Å². The van der Waals surface area contributed by atoms with Crippen LogP contribution in [0.15, 0.2) is 24.3 Å². The Balaban J connectivity index is 2.67. The number of nitrogens with one attached hydrogen (secondary N) is 1. The fourth-order valence-electron chi connectivity index (χ4n) is 1.95. The standard InChI is InChI=1S/C15H25NO2S/c1-4-13-6-8-14(9-7-13)15(16-5-2)12-19(17)11-10-18-3/h6-9,15-16H,4-5,10-12H2,1-3H3. The molecule has 0 aliphatic rings. The summed E-state index contributed by atoms with van der Waals surface area (Å²) in [6, 6.07) is 8.74. The second-order valence-corrected chi connectivity index (χ2v) is 6.13. The van der Waals surface area contributed by atoms with Crippen LogP contribution in [0.5, 0.6) is 0 Å². The first-order valence-corrected chi connectivity index (χ1v) is 8.36. The van der Waals surface area contributed by atoms with Crippen molar-refractivity contribution in [2.24, 2.45) is 0 Å². The molecule has 0 aliphatic heterocycles. The molecule has 2 unspecified atom stereocenters. The Hall–Kier alpha value is -0.710. The highest BCUT2D eigenvalue weighted by Gasteiger charge is 2.13. The van der Waals surface area contributed by atoms with Crippen molar-refractivity contribution in [2.45, 2.75) is 26.3 Å². The Morgan fingerprint density at radius 3 is 2.47 bits per heavy atom. The van der Waals surface area contributed by atoms with Crippen molar-refractivity contribution in [3.05, 3.63) is 35.4 Å². The Kier molecular flexibility index (Phi) is 7.94. The molecule has 0 saturated carbocycles. The molecule has 1 aromatic carbocycles. The smallest absolute Gasteiger partial charge is 0.0577 e. The summed E-state index contributed by atoms with van der Waals surface area (Å²) in [7, 11) is 0.795. The Bertz CT molecular complexity index is 378. The molecular formula is C15H25NO2S. The maximum absolute atomic E-state index is 12.0. The largest absolute Gasteiger partial charge is 0.384 e. The normalized spacial score (nSPS) is 14.3. The van der Waals surface area contributed by atoms with E-state index in [0.717, 1.165) is 13.0 Å². The summed E-state index contributed by atoms with van der Waals surface area (Å²) < 4.78 is 17.0. The molecule has 108 valence electrons. The van der Waals surface area contributed by atoms with Gasteiger partial charge in [-0.25, -0.2) is 0 Å². The molecule has 3 nitrogen and oxygen atoms in total. The van der Waals surface area contributed by atoms with E-state index in [-0.39, 0.29) is 6.04 Å². The lowest BCUT2D eigenvalue weighted by molar-refractivity contribution is 0.218. The maximum atomic E-state index is 12.0. The summed E-state index contributed by atoms with van der Waals surface area (Å²) in [5.74, 6) is 1.24. The van der Waals surface area contributed by atoms with E-state index in [1.54, 1.807) is 7.11 Å². The van der Waals surface area contributed by atoms with Gasteiger partial charge in [0.25, 0.3) is 0 Å². The zero-order valence-corrected chi connectivity index (χ0v) is 13.0. The molecule has 0 spiro atoms. The minimum absolute atomic E-state index is 0.161. The third kappa shape index (κ3) is 5.85. The number of rotatable bonds is 9. The second kappa shape index (κ2) is 9.23. The van der Waals surface area contributed by atoms with Crippen LogP contribution in [0.3, 0.4) is 0 Å². The highest BCUT2D eigenvalue weighted by molar-refractivity contribution is 7.85. The number of hydrogen-bond donors (Lipinski definition) is 1. The second-order valence-electron chi connectivity index (χ2n) is 4.51. The van der Waals surface area contributed by atoms with Crippen LogP contribution in [0.1, 0.15) is 31.0 Å². The van der Waals surface area contributed by atoms with E-state index < -0.39 is 10.8 Å². The van der Waals surface area contributed by atoms with Crippen molar-refractivity contribution in [2.75, 3.05) is 31.8 Å². The third-order valence-electron chi connectivity index (χ3n) is 3.11. The van der Waals surface area contributed by atoms with Crippen LogP contribution < -0.4 is 5.32 Å². The average molecular weight is 283 g/mol. The molecule has 4 heteroatoms. The third-order valence-corrected chi connectivity index (χ3v) is 4.44. The van der Waals surface area contributed by atoms with Gasteiger partial charge in [0.05, 0.1) is 6.61 Å². The zero-order valence-electron chi connectivity index (χ0n) is 12.1. The lowest BCUT2D eigenvalue weighted by Crippen LogP contribution is -2.27. The van der Waals surface area contributed by atoms with Crippen LogP contribution in [0, 0.1) is 0 Å². The number of ether oxygens (including phenoxy) is 1. The van der Waals surface area contributed by atoms with Gasteiger partial charge in [-0.15, -0.1) is 0 Å². The van der Waals surface area contributed by atoms with Crippen molar-refractivity contribution in [1.29, 1.82) is 0 Å². The molecule has 19 heavy (non-hydrogen) atoms. The maximum Gasteiger partial charge on any atom is 0.0577 e. The molecule has 0 fully saturated rings. The minimum Gasteiger partial charge on any atom is -0.384 e. The van der Waals surface area contributed by atoms with Gasteiger partial charge in [0.15, 0.2) is 0 Å². The number of methoxy groups -OCH3 is 1. The van der Waals surface area contributed by atoms with Crippen LogP contribution in [0.2, 0.25) is 0 Å². The van der Waals surface area contributed by atoms with Crippen LogP contribution in [0.25, 0.3) is 0 Å². The Labute approximate surface area is 119 Å². The van der Waals surface area contributed by atoms with E-state index in [9.17, 15) is 4.21 Å². The van der Waals surface area contributed by atoms with Gasteiger partial charge >= 0.3 is 0 Å². The summed E-state index contributed by atoms with van der Waals surface area (Å²) in [5, 5.41) is 3.41. The van der Waals surface area contributed by atoms with Gasteiger partial charge < -0.3 is 10.1 Å². The summed E-state index contributed by atoms with van der Waals surface area (Å²) in [4.78, 5) is 0. The summed E-state index contributed by atoms with van der Waals surface area (Å²) in [6.07, 6.45) is 1.05. The van der Waals surface area contributed by atoms with Crippen molar-refractivity contribution in [3.8, 4) is 0 Å². The molecule has 0 heterocycles. The van der Waals surface area contributed by atoms with E-state index in [2.05, 4.69) is 43.4 Å². The zero-order chi connectivity index (χ0) is 14.1. The highest BCUT2D eigenvalue weighted by Crippen LogP contribution is 2.15. The van der Waals surface area contributed by atoms with Gasteiger partial charge in [0, 0.05) is 35.5 Å². The van der Waals surface area contributed by atoms with E-state index >= 15 is 0 Å². The van der Waals surface area contributed by atoms with Crippen molar-refractivity contribution in [1.82, 2.24) is 5.32 Å². The molecule has 0 aromatic heterocycles. The van der Waals surface area contributed by atoms with Gasteiger partial charge in [-0.05, 0) is 24.1 Å². The molecule has 0 saturated heterocycles. The fraction of sp³-hybridized carbons (Fsp3) is 0.600. The van der Waals surface area contributed by atoms with Gasteiger partial charge in [-0.1, -0.05) is 38.1 Å². The first kappa shape index (κ1) is 16.3.